The number of rotatable bonds is 7. The fraction of sp³-hybridized carbons (Fsp3) is 0.917. The van der Waals surface area contributed by atoms with Gasteiger partial charge in [0.2, 0.25) is 0 Å². The number of hydrogen-bond donors (Lipinski definition) is 7. The summed E-state index contributed by atoms with van der Waals surface area (Å²) >= 11 is 0. The van der Waals surface area contributed by atoms with Crippen LogP contribution in [0.5, 0.6) is 0 Å². The number of hydrazine groups is 2. The SMILES string of the molecule is NC1NONC1N1NNC(C(=O)N/N=C/C2CCC(C3CCCCCCC3)NC2)C1CN1CCCC1. The first-order valence-corrected chi connectivity index (χ1v) is 14.2. The quantitative estimate of drug-likeness (QED) is 0.180. The average molecular weight is 507 g/mol. The van der Waals surface area contributed by atoms with Crippen LogP contribution in [-0.4, -0.2) is 78.7 Å². The van der Waals surface area contributed by atoms with Crippen LogP contribution in [-0.2, 0) is 9.73 Å². The summed E-state index contributed by atoms with van der Waals surface area (Å²) in [5.41, 5.74) is 20.8. The normalized spacial score (nSPS) is 37.9. The summed E-state index contributed by atoms with van der Waals surface area (Å²) < 4.78 is 0. The number of nitrogens with zero attached hydrogens (tertiary/aromatic N) is 3. The second-order valence-corrected chi connectivity index (χ2v) is 11.2. The van der Waals surface area contributed by atoms with Gasteiger partial charge in [-0.25, -0.2) is 20.8 Å². The smallest absolute Gasteiger partial charge is 0.260 e. The third kappa shape index (κ3) is 6.61. The number of carbonyl (C=O) groups is 1. The van der Waals surface area contributed by atoms with E-state index in [9.17, 15) is 4.79 Å². The Kier molecular flexibility index (Phi) is 9.55. The van der Waals surface area contributed by atoms with Crippen LogP contribution in [0.4, 0.5) is 0 Å². The first-order valence-electron chi connectivity index (χ1n) is 14.2. The molecule has 4 saturated heterocycles. The minimum Gasteiger partial charge on any atom is -0.313 e. The van der Waals surface area contributed by atoms with Crippen LogP contribution in [0.1, 0.15) is 70.6 Å². The molecule has 1 amide bonds. The van der Waals surface area contributed by atoms with Crippen molar-refractivity contribution < 1.29 is 9.73 Å². The molecule has 6 unspecified atom stereocenters. The van der Waals surface area contributed by atoms with Crippen molar-refractivity contribution >= 4 is 12.1 Å². The van der Waals surface area contributed by atoms with Crippen molar-refractivity contribution in [3.05, 3.63) is 0 Å². The molecule has 6 atom stereocenters. The molecular weight excluding hydrogens is 460 g/mol. The van der Waals surface area contributed by atoms with Crippen molar-refractivity contribution in [3.8, 4) is 0 Å². The highest BCUT2D eigenvalue weighted by Gasteiger charge is 2.46. The number of nitrogens with two attached hydrogens (primary N) is 1. The lowest BCUT2D eigenvalue weighted by molar-refractivity contribution is -0.123. The monoisotopic (exact) mass is 506 g/mol. The fourth-order valence-corrected chi connectivity index (χ4v) is 6.55. The molecule has 12 nitrogen and oxygen atoms in total. The van der Waals surface area contributed by atoms with E-state index in [2.05, 4.69) is 42.7 Å². The molecule has 4 heterocycles. The van der Waals surface area contributed by atoms with Gasteiger partial charge in [0, 0.05) is 31.3 Å². The van der Waals surface area contributed by atoms with Crippen molar-refractivity contribution in [2.45, 2.75) is 101 Å². The summed E-state index contributed by atoms with van der Waals surface area (Å²) in [6.45, 7) is 3.79. The summed E-state index contributed by atoms with van der Waals surface area (Å²) in [4.78, 5) is 20.6. The maximum absolute atomic E-state index is 13.1. The van der Waals surface area contributed by atoms with Gasteiger partial charge < -0.3 is 16.0 Å². The Hall–Kier alpha value is -1.22. The van der Waals surface area contributed by atoms with Gasteiger partial charge in [-0.15, -0.1) is 0 Å². The van der Waals surface area contributed by atoms with Gasteiger partial charge in [0.1, 0.15) is 18.4 Å². The van der Waals surface area contributed by atoms with Gasteiger partial charge in [-0.3, -0.25) is 4.79 Å². The van der Waals surface area contributed by atoms with Gasteiger partial charge in [-0.05, 0) is 57.5 Å². The zero-order valence-corrected chi connectivity index (χ0v) is 21.5. The summed E-state index contributed by atoms with van der Waals surface area (Å²) in [7, 11) is 0. The molecule has 5 aliphatic rings. The van der Waals surface area contributed by atoms with Crippen LogP contribution in [0.2, 0.25) is 0 Å². The molecule has 36 heavy (non-hydrogen) atoms. The first kappa shape index (κ1) is 26.4. The number of hydrogen-bond acceptors (Lipinski definition) is 11. The largest absolute Gasteiger partial charge is 0.313 e. The Morgan fingerprint density at radius 1 is 1.03 bits per heavy atom. The lowest BCUT2D eigenvalue weighted by atomic mass is 9.81. The molecule has 0 radical (unpaired) electrons. The van der Waals surface area contributed by atoms with Crippen molar-refractivity contribution in [2.75, 3.05) is 26.2 Å². The van der Waals surface area contributed by atoms with Crippen LogP contribution in [0.15, 0.2) is 5.10 Å². The molecule has 0 aromatic carbocycles. The predicted octanol–water partition coefficient (Wildman–Crippen LogP) is -0.375. The molecule has 1 aliphatic carbocycles. The number of carbonyl (C=O) groups excluding carboxylic acids is 1. The molecule has 8 N–H and O–H groups in total. The van der Waals surface area contributed by atoms with Crippen molar-refractivity contribution in [3.63, 3.8) is 0 Å². The zero-order chi connectivity index (χ0) is 24.7. The maximum atomic E-state index is 13.1. The average Bonchev–Trinajstić information content (AvgIpc) is 3.62. The molecule has 5 rings (SSSR count). The Labute approximate surface area is 214 Å². The summed E-state index contributed by atoms with van der Waals surface area (Å²) in [6.07, 6.45) is 15.6. The van der Waals surface area contributed by atoms with Gasteiger partial charge >= 0.3 is 0 Å². The van der Waals surface area contributed by atoms with Gasteiger partial charge in [0.25, 0.3) is 5.91 Å². The van der Waals surface area contributed by atoms with Crippen LogP contribution in [0.25, 0.3) is 0 Å². The van der Waals surface area contributed by atoms with Crippen molar-refractivity contribution in [1.82, 2.24) is 42.6 Å². The van der Waals surface area contributed by atoms with E-state index in [-0.39, 0.29) is 18.1 Å². The van der Waals surface area contributed by atoms with E-state index in [0.29, 0.717) is 12.0 Å². The fourth-order valence-electron chi connectivity index (χ4n) is 6.55. The molecule has 204 valence electrons. The summed E-state index contributed by atoms with van der Waals surface area (Å²) in [5.74, 6) is 1.02. The van der Waals surface area contributed by atoms with E-state index < -0.39 is 12.2 Å². The number of nitrogens with one attached hydrogen (secondary N) is 6. The number of hydrazone groups is 1. The highest BCUT2D eigenvalue weighted by Crippen LogP contribution is 2.29. The lowest BCUT2D eigenvalue weighted by Gasteiger charge is -2.35. The molecular formula is C24H46N10O2. The summed E-state index contributed by atoms with van der Waals surface area (Å²) in [5, 5.41) is 10.1. The molecule has 4 aliphatic heterocycles. The van der Waals surface area contributed by atoms with Crippen LogP contribution in [0.3, 0.4) is 0 Å². The highest BCUT2D eigenvalue weighted by molar-refractivity contribution is 5.83. The Morgan fingerprint density at radius 3 is 2.50 bits per heavy atom. The van der Waals surface area contributed by atoms with Crippen LogP contribution in [0, 0.1) is 11.8 Å². The number of hydroxylamine groups is 2. The minimum absolute atomic E-state index is 0.133. The predicted molar refractivity (Wildman–Crippen MR) is 137 cm³/mol. The number of piperidine rings is 1. The minimum atomic E-state index is -0.467. The number of amides is 1. The molecule has 5 fully saturated rings. The maximum Gasteiger partial charge on any atom is 0.260 e. The molecule has 1 saturated carbocycles. The number of likely N-dealkylation sites (tertiary alicyclic amines) is 1. The highest BCUT2D eigenvalue weighted by atomic mass is 16.8. The standard InChI is InChI=1S/C24H46N10O2/c25-22-23(31-36-30-22)34-20(16-33-12-6-7-13-33)21(28-32-34)24(35)29-27-15-17-10-11-19(26-14-17)18-8-4-2-1-3-5-9-18/h15,17-23,26,28,30-32H,1-14,16,25H2,(H,29,35)/b27-15+. The second kappa shape index (κ2) is 13.0. The third-order valence-corrected chi connectivity index (χ3v) is 8.70. The van der Waals surface area contributed by atoms with E-state index in [1.54, 1.807) is 0 Å². The molecule has 12 heteroatoms. The molecule has 0 aromatic heterocycles. The summed E-state index contributed by atoms with van der Waals surface area (Å²) in [6, 6.07) is 0.0410. The van der Waals surface area contributed by atoms with E-state index in [1.807, 2.05) is 11.2 Å². The Morgan fingerprint density at radius 2 is 1.81 bits per heavy atom. The molecule has 0 aromatic rings. The topological polar surface area (TPSA) is 143 Å². The van der Waals surface area contributed by atoms with Crippen molar-refractivity contribution in [2.24, 2.45) is 22.7 Å². The van der Waals surface area contributed by atoms with E-state index >= 15 is 0 Å². The van der Waals surface area contributed by atoms with E-state index in [1.165, 1.54) is 64.2 Å². The van der Waals surface area contributed by atoms with Crippen LogP contribution >= 0.6 is 0 Å². The molecule has 0 spiro atoms. The van der Waals surface area contributed by atoms with E-state index in [0.717, 1.165) is 38.5 Å². The lowest BCUT2D eigenvalue weighted by Crippen LogP contribution is -2.61. The van der Waals surface area contributed by atoms with Gasteiger partial charge in [-0.1, -0.05) is 32.1 Å². The second-order valence-electron chi connectivity index (χ2n) is 11.2. The van der Waals surface area contributed by atoms with Gasteiger partial charge in [0.05, 0.1) is 6.04 Å². The van der Waals surface area contributed by atoms with Crippen LogP contribution < -0.4 is 38.4 Å². The van der Waals surface area contributed by atoms with Crippen molar-refractivity contribution in [1.29, 1.82) is 0 Å². The molecule has 0 bridgehead atoms. The van der Waals surface area contributed by atoms with E-state index in [4.69, 9.17) is 10.7 Å². The third-order valence-electron chi connectivity index (χ3n) is 8.70. The Balaban J connectivity index is 1.11. The first-order chi connectivity index (χ1) is 17.7. The Bertz CT molecular complexity index is 720. The zero-order valence-electron chi connectivity index (χ0n) is 21.5. The van der Waals surface area contributed by atoms with Gasteiger partial charge in [0.15, 0.2) is 0 Å². The van der Waals surface area contributed by atoms with Gasteiger partial charge in [-0.2, -0.15) is 21.6 Å².